The molecule has 0 radical (unpaired) electrons. The van der Waals surface area contributed by atoms with Gasteiger partial charge in [-0.25, -0.2) is 0 Å². The fourth-order valence-electron chi connectivity index (χ4n) is 2.58. The molecule has 0 aliphatic heterocycles. The average Bonchev–Trinajstić information content (AvgIpc) is 2.75. The Bertz CT molecular complexity index is 127. The summed E-state index contributed by atoms with van der Waals surface area (Å²) in [7, 11) is 0. The van der Waals surface area contributed by atoms with Crippen LogP contribution >= 0.6 is 0 Å². The van der Waals surface area contributed by atoms with Crippen molar-refractivity contribution in [2.24, 2.45) is 5.92 Å². The molecule has 0 heterocycles. The van der Waals surface area contributed by atoms with Crippen molar-refractivity contribution in [2.75, 3.05) is 13.1 Å². The second-order valence-electron chi connectivity index (χ2n) is 5.10. The molecule has 0 unspecified atom stereocenters. The summed E-state index contributed by atoms with van der Waals surface area (Å²) in [5, 5.41) is 3.59. The highest BCUT2D eigenvalue weighted by Crippen LogP contribution is 2.26. The van der Waals surface area contributed by atoms with E-state index in [4.69, 9.17) is 0 Å². The first-order valence-electron chi connectivity index (χ1n) is 7.14. The van der Waals surface area contributed by atoms with Gasteiger partial charge < -0.3 is 5.32 Å². The van der Waals surface area contributed by atoms with Crippen LogP contribution < -0.4 is 5.32 Å². The average molecular weight is 211 g/mol. The summed E-state index contributed by atoms with van der Waals surface area (Å²) in [6, 6.07) is 0. The number of hydrogen-bond acceptors (Lipinski definition) is 1. The third-order valence-corrected chi connectivity index (χ3v) is 3.66. The van der Waals surface area contributed by atoms with E-state index in [0.29, 0.717) is 0 Å². The minimum absolute atomic E-state index is 1.05. The molecule has 0 aromatic rings. The van der Waals surface area contributed by atoms with Crippen molar-refractivity contribution >= 4 is 0 Å². The Hall–Kier alpha value is -0.0400. The van der Waals surface area contributed by atoms with Crippen molar-refractivity contribution in [2.45, 2.75) is 71.1 Å². The highest BCUT2D eigenvalue weighted by molar-refractivity contribution is 4.68. The molecule has 0 atom stereocenters. The summed E-state index contributed by atoms with van der Waals surface area (Å²) in [5.41, 5.74) is 0. The molecule has 1 saturated carbocycles. The predicted octanol–water partition coefficient (Wildman–Crippen LogP) is 4.13. The molecule has 1 rings (SSSR count). The van der Waals surface area contributed by atoms with Crippen molar-refractivity contribution in [3.05, 3.63) is 0 Å². The lowest BCUT2D eigenvalue weighted by Crippen LogP contribution is -2.18. The van der Waals surface area contributed by atoms with E-state index in [1.807, 2.05) is 0 Å². The lowest BCUT2D eigenvalue weighted by Gasteiger charge is -2.09. The molecular formula is C14H29N. The first-order valence-corrected chi connectivity index (χ1v) is 7.14. The Morgan fingerprint density at radius 2 is 1.67 bits per heavy atom. The largest absolute Gasteiger partial charge is 0.317 e. The van der Waals surface area contributed by atoms with Crippen molar-refractivity contribution in [3.8, 4) is 0 Å². The Morgan fingerprint density at radius 1 is 0.933 bits per heavy atom. The maximum Gasteiger partial charge on any atom is -0.00463 e. The smallest absolute Gasteiger partial charge is 0.00463 e. The highest BCUT2D eigenvalue weighted by atomic mass is 14.8. The molecule has 0 aromatic carbocycles. The fraction of sp³-hybridized carbons (Fsp3) is 1.00. The number of unbranched alkanes of at least 4 members (excludes halogenated alkanes) is 4. The Kier molecular flexibility index (Phi) is 7.99. The van der Waals surface area contributed by atoms with Gasteiger partial charge in [-0.1, -0.05) is 58.3 Å². The molecule has 1 aliphatic rings. The summed E-state index contributed by atoms with van der Waals surface area (Å²) in [4.78, 5) is 0. The topological polar surface area (TPSA) is 12.0 Å². The maximum atomic E-state index is 3.59. The van der Waals surface area contributed by atoms with Crippen molar-refractivity contribution in [1.82, 2.24) is 5.32 Å². The minimum Gasteiger partial charge on any atom is -0.317 e. The quantitative estimate of drug-likeness (QED) is 0.566. The molecule has 0 saturated heterocycles. The van der Waals surface area contributed by atoms with E-state index in [2.05, 4.69) is 12.2 Å². The van der Waals surface area contributed by atoms with Crippen LogP contribution in [0, 0.1) is 5.92 Å². The van der Waals surface area contributed by atoms with E-state index in [9.17, 15) is 0 Å². The van der Waals surface area contributed by atoms with Crippen LogP contribution in [0.1, 0.15) is 71.1 Å². The van der Waals surface area contributed by atoms with Crippen molar-refractivity contribution in [3.63, 3.8) is 0 Å². The Balaban J connectivity index is 1.73. The molecule has 1 heteroatoms. The van der Waals surface area contributed by atoms with Gasteiger partial charge in [-0.15, -0.1) is 0 Å². The molecule has 0 amide bonds. The number of rotatable bonds is 9. The van der Waals surface area contributed by atoms with Gasteiger partial charge in [0.1, 0.15) is 0 Å². The molecule has 1 fully saturated rings. The van der Waals surface area contributed by atoms with Crippen LogP contribution in [0.3, 0.4) is 0 Å². The molecule has 0 bridgehead atoms. The second kappa shape index (κ2) is 9.21. The molecular weight excluding hydrogens is 182 g/mol. The van der Waals surface area contributed by atoms with Crippen LogP contribution in [0.25, 0.3) is 0 Å². The fourth-order valence-corrected chi connectivity index (χ4v) is 2.58. The zero-order valence-electron chi connectivity index (χ0n) is 10.6. The van der Waals surface area contributed by atoms with Crippen LogP contribution in [0.4, 0.5) is 0 Å². The van der Waals surface area contributed by atoms with E-state index in [0.717, 1.165) is 5.92 Å². The van der Waals surface area contributed by atoms with Crippen molar-refractivity contribution < 1.29 is 0 Å². The molecule has 1 nitrogen and oxygen atoms in total. The summed E-state index contributed by atoms with van der Waals surface area (Å²) < 4.78 is 0. The van der Waals surface area contributed by atoms with Crippen molar-refractivity contribution in [1.29, 1.82) is 0 Å². The maximum absolute atomic E-state index is 3.59. The van der Waals surface area contributed by atoms with Gasteiger partial charge in [0.05, 0.1) is 0 Å². The summed E-state index contributed by atoms with van der Waals surface area (Å²) in [6.45, 7) is 4.79. The van der Waals surface area contributed by atoms with Gasteiger partial charge in [-0.3, -0.25) is 0 Å². The molecule has 15 heavy (non-hydrogen) atoms. The Morgan fingerprint density at radius 3 is 2.40 bits per heavy atom. The summed E-state index contributed by atoms with van der Waals surface area (Å²) in [5.74, 6) is 1.05. The van der Waals surface area contributed by atoms with Gasteiger partial charge in [-0.2, -0.15) is 0 Å². The van der Waals surface area contributed by atoms with Gasteiger partial charge in [-0.05, 0) is 31.8 Å². The van der Waals surface area contributed by atoms with Gasteiger partial charge in [0, 0.05) is 0 Å². The zero-order valence-corrected chi connectivity index (χ0v) is 10.6. The monoisotopic (exact) mass is 211 g/mol. The van der Waals surface area contributed by atoms with E-state index < -0.39 is 0 Å². The summed E-state index contributed by atoms with van der Waals surface area (Å²) >= 11 is 0. The number of nitrogens with one attached hydrogen (secondary N) is 1. The lowest BCUT2D eigenvalue weighted by atomic mass is 10.0. The molecule has 90 valence electrons. The van der Waals surface area contributed by atoms with E-state index in [-0.39, 0.29) is 0 Å². The van der Waals surface area contributed by atoms with Gasteiger partial charge in [0.25, 0.3) is 0 Å². The Labute approximate surface area is 96.0 Å². The second-order valence-corrected chi connectivity index (χ2v) is 5.10. The molecule has 1 N–H and O–H groups in total. The molecule has 0 spiro atoms. The van der Waals surface area contributed by atoms with Crippen LogP contribution in [-0.2, 0) is 0 Å². The molecule has 0 aromatic heterocycles. The predicted molar refractivity (Wildman–Crippen MR) is 68.2 cm³/mol. The van der Waals surface area contributed by atoms with E-state index in [1.165, 1.54) is 77.3 Å². The van der Waals surface area contributed by atoms with Crippen LogP contribution in [0.2, 0.25) is 0 Å². The first kappa shape index (κ1) is 13.0. The highest BCUT2D eigenvalue weighted by Gasteiger charge is 2.13. The normalized spacial score (nSPS) is 17.4. The third kappa shape index (κ3) is 6.94. The van der Waals surface area contributed by atoms with Gasteiger partial charge in [0.2, 0.25) is 0 Å². The van der Waals surface area contributed by atoms with Crippen LogP contribution in [-0.4, -0.2) is 13.1 Å². The summed E-state index contributed by atoms with van der Waals surface area (Å²) in [6.07, 6.45) is 14.4. The van der Waals surface area contributed by atoms with Crippen LogP contribution in [0.15, 0.2) is 0 Å². The van der Waals surface area contributed by atoms with E-state index in [1.54, 1.807) is 0 Å². The lowest BCUT2D eigenvalue weighted by molar-refractivity contribution is 0.471. The van der Waals surface area contributed by atoms with Gasteiger partial charge in [0.15, 0.2) is 0 Å². The van der Waals surface area contributed by atoms with Crippen LogP contribution in [0.5, 0.6) is 0 Å². The number of hydrogen-bond donors (Lipinski definition) is 1. The minimum atomic E-state index is 1.05. The third-order valence-electron chi connectivity index (χ3n) is 3.66. The van der Waals surface area contributed by atoms with E-state index >= 15 is 0 Å². The standard InChI is InChI=1S/C14H29N/c1-2-3-4-5-8-12-15-13-11-14-9-6-7-10-14/h14-15H,2-13H2,1H3. The van der Waals surface area contributed by atoms with Gasteiger partial charge >= 0.3 is 0 Å². The first-order chi connectivity index (χ1) is 7.43. The SMILES string of the molecule is CCCCCCCNCCC1CCCC1. The molecule has 1 aliphatic carbocycles. The zero-order chi connectivity index (χ0) is 10.8.